The van der Waals surface area contributed by atoms with Crippen LogP contribution in [0.15, 0.2) is 48.6 Å². The minimum Gasteiger partial charge on any atom is -0.389 e. The summed E-state index contributed by atoms with van der Waals surface area (Å²) in [5, 5.41) is 16.1. The molecule has 2 fully saturated rings. The average molecular weight is 561 g/mol. The molecule has 2 aliphatic rings. The first-order valence-corrected chi connectivity index (χ1v) is 15.6. The van der Waals surface area contributed by atoms with Crippen molar-refractivity contribution >= 4 is 29.6 Å². The Morgan fingerprint density at radius 1 is 0.949 bits per heavy atom. The van der Waals surface area contributed by atoms with E-state index in [9.17, 15) is 19.5 Å². The molecule has 0 aliphatic carbocycles. The Hall–Kier alpha value is -2.52. The van der Waals surface area contributed by atoms with Gasteiger partial charge in [0.2, 0.25) is 11.8 Å². The third-order valence-electron chi connectivity index (χ3n) is 6.76. The van der Waals surface area contributed by atoms with Crippen LogP contribution in [-0.2, 0) is 9.59 Å². The van der Waals surface area contributed by atoms with Crippen molar-refractivity contribution < 1.29 is 19.5 Å². The van der Waals surface area contributed by atoms with E-state index in [-0.39, 0.29) is 36.0 Å². The van der Waals surface area contributed by atoms with Gasteiger partial charge in [0.15, 0.2) is 0 Å². The van der Waals surface area contributed by atoms with Gasteiger partial charge in [0.05, 0.1) is 18.2 Å². The number of carbonyl (C=O) groups is 3. The van der Waals surface area contributed by atoms with Crippen LogP contribution in [0, 0.1) is 0 Å². The molecule has 0 bridgehead atoms. The monoisotopic (exact) mass is 560 g/mol. The molecule has 9 heteroatoms. The van der Waals surface area contributed by atoms with Crippen molar-refractivity contribution in [1.82, 2.24) is 21.5 Å². The predicted octanol–water partition coefficient (Wildman–Crippen LogP) is 4.98. The van der Waals surface area contributed by atoms with E-state index in [4.69, 9.17) is 0 Å². The largest absolute Gasteiger partial charge is 0.389 e. The van der Waals surface area contributed by atoms with Gasteiger partial charge in [-0.3, -0.25) is 20.4 Å². The highest BCUT2D eigenvalue weighted by atomic mass is 32.2. The lowest BCUT2D eigenvalue weighted by molar-refractivity contribution is -0.129. The van der Waals surface area contributed by atoms with E-state index >= 15 is 0 Å². The molecule has 218 valence electrons. The van der Waals surface area contributed by atoms with Crippen molar-refractivity contribution in [2.75, 3.05) is 5.75 Å². The number of urea groups is 1. The van der Waals surface area contributed by atoms with E-state index in [1.165, 1.54) is 12.8 Å². The lowest BCUT2D eigenvalue weighted by Gasteiger charge is -2.16. The summed E-state index contributed by atoms with van der Waals surface area (Å²) < 4.78 is 0. The zero-order valence-electron chi connectivity index (χ0n) is 23.4. The number of rotatable bonds is 19. The highest BCUT2D eigenvalue weighted by molar-refractivity contribution is 8.00. The molecule has 0 radical (unpaired) electrons. The maximum atomic E-state index is 12.0. The molecule has 2 aliphatic heterocycles. The molecular formula is C30H48N4O4S. The third kappa shape index (κ3) is 15.0. The number of unbranched alkanes of at least 4 members (excludes halogenated alkanes) is 4. The van der Waals surface area contributed by atoms with Gasteiger partial charge < -0.3 is 15.7 Å². The maximum absolute atomic E-state index is 12.0. The number of aliphatic hydroxyl groups excluding tert-OH is 1. The van der Waals surface area contributed by atoms with E-state index in [1.807, 2.05) is 30.0 Å². The number of amides is 4. The molecule has 4 amide bonds. The second-order valence-corrected chi connectivity index (χ2v) is 11.4. The molecule has 5 N–H and O–H groups in total. The van der Waals surface area contributed by atoms with Crippen LogP contribution in [0.2, 0.25) is 0 Å². The normalized spacial score (nSPS) is 21.6. The third-order valence-corrected chi connectivity index (χ3v) is 8.27. The maximum Gasteiger partial charge on any atom is 0.315 e. The Morgan fingerprint density at radius 2 is 1.67 bits per heavy atom. The Kier molecular flexibility index (Phi) is 17.1. The number of hydrogen-bond acceptors (Lipinski definition) is 5. The molecule has 4 atom stereocenters. The summed E-state index contributed by atoms with van der Waals surface area (Å²) in [6.07, 6.45) is 26.7. The highest BCUT2D eigenvalue weighted by Crippen LogP contribution is 2.33. The molecule has 2 heterocycles. The number of hydrogen-bond donors (Lipinski definition) is 5. The summed E-state index contributed by atoms with van der Waals surface area (Å²) in [5.41, 5.74) is 5.00. The molecule has 0 spiro atoms. The zero-order valence-corrected chi connectivity index (χ0v) is 24.2. The van der Waals surface area contributed by atoms with Gasteiger partial charge in [-0.05, 0) is 44.9 Å². The molecule has 39 heavy (non-hydrogen) atoms. The molecule has 0 aromatic carbocycles. The van der Waals surface area contributed by atoms with Gasteiger partial charge in [-0.25, -0.2) is 4.79 Å². The summed E-state index contributed by atoms with van der Waals surface area (Å²) in [7, 11) is 0. The zero-order chi connectivity index (χ0) is 28.1. The van der Waals surface area contributed by atoms with E-state index < -0.39 is 0 Å². The van der Waals surface area contributed by atoms with Crippen LogP contribution in [0.5, 0.6) is 0 Å². The van der Waals surface area contributed by atoms with Crippen molar-refractivity contribution in [2.24, 2.45) is 0 Å². The SMILES string of the molecule is CCCCC[C@@H](O)/C=C/C=C/C/C=C\C/C=C\CCCC(=O)NNC(=O)CCCC[C@@H]1SC[C@H]2NC(=O)N[C@H]12. The Morgan fingerprint density at radius 3 is 2.44 bits per heavy atom. The summed E-state index contributed by atoms with van der Waals surface area (Å²) in [4.78, 5) is 35.3. The summed E-state index contributed by atoms with van der Waals surface area (Å²) in [6, 6.07) is 0.350. The number of fused-ring (bicyclic) bond motifs is 1. The fourth-order valence-corrected chi connectivity index (χ4v) is 6.08. The van der Waals surface area contributed by atoms with Crippen LogP contribution in [0.25, 0.3) is 0 Å². The van der Waals surface area contributed by atoms with Gasteiger partial charge in [-0.2, -0.15) is 11.8 Å². The molecule has 2 saturated heterocycles. The summed E-state index contributed by atoms with van der Waals surface area (Å²) >= 11 is 1.88. The Balaban J connectivity index is 1.39. The quantitative estimate of drug-likeness (QED) is 0.0502. The number of aliphatic hydroxyl groups is 1. The number of carbonyl (C=O) groups excluding carboxylic acids is 3. The van der Waals surface area contributed by atoms with E-state index in [0.717, 1.165) is 63.5 Å². The van der Waals surface area contributed by atoms with Crippen LogP contribution in [-0.4, -0.2) is 52.1 Å². The van der Waals surface area contributed by atoms with Crippen LogP contribution in [0.1, 0.15) is 90.4 Å². The van der Waals surface area contributed by atoms with Gasteiger partial charge in [-0.1, -0.05) is 81.2 Å². The Labute approximate surface area is 238 Å². The van der Waals surface area contributed by atoms with Crippen molar-refractivity contribution in [2.45, 2.75) is 114 Å². The molecule has 0 saturated carbocycles. The lowest BCUT2D eigenvalue weighted by Crippen LogP contribution is -2.41. The second kappa shape index (κ2) is 20.4. The number of thioether (sulfide) groups is 1. The van der Waals surface area contributed by atoms with E-state index in [0.29, 0.717) is 18.1 Å². The standard InChI is InChI=1S/C30H48N4O4S/c1-2-3-13-18-24(35)19-14-11-9-7-5-4-6-8-10-12-15-21-27(36)33-34-28(37)22-17-16-20-26-29-25(23-39-26)31-30(38)32-29/h4-5,8-11,14,19,24-26,29,35H,2-3,6-7,12-13,15-18,20-23H2,1H3,(H,33,36)(H,34,37)(H2,31,32,38)/b5-4-,10-8-,11-9+,19-14+/t24-,25-,26+,29+/m1/s1. The number of allylic oxidation sites excluding steroid dienone is 7. The van der Waals surface area contributed by atoms with E-state index in [1.54, 1.807) is 0 Å². The van der Waals surface area contributed by atoms with Crippen LogP contribution < -0.4 is 21.5 Å². The average Bonchev–Trinajstić information content (AvgIpc) is 3.47. The van der Waals surface area contributed by atoms with Crippen LogP contribution in [0.4, 0.5) is 4.79 Å². The van der Waals surface area contributed by atoms with E-state index in [2.05, 4.69) is 58.8 Å². The van der Waals surface area contributed by atoms with Gasteiger partial charge in [0, 0.05) is 23.8 Å². The highest BCUT2D eigenvalue weighted by Gasteiger charge is 2.42. The smallest absolute Gasteiger partial charge is 0.315 e. The Bertz CT molecular complexity index is 858. The van der Waals surface area contributed by atoms with Crippen LogP contribution in [0.3, 0.4) is 0 Å². The fraction of sp³-hybridized carbons (Fsp3) is 0.633. The van der Waals surface area contributed by atoms with Crippen LogP contribution >= 0.6 is 11.8 Å². The van der Waals surface area contributed by atoms with Crippen molar-refractivity contribution in [3.05, 3.63) is 48.6 Å². The summed E-state index contributed by atoms with van der Waals surface area (Å²) in [6.45, 7) is 2.16. The van der Waals surface area contributed by atoms with Gasteiger partial charge in [0.25, 0.3) is 0 Å². The second-order valence-electron chi connectivity index (χ2n) is 10.1. The molecule has 8 nitrogen and oxygen atoms in total. The minimum atomic E-state index is -0.348. The predicted molar refractivity (Wildman–Crippen MR) is 160 cm³/mol. The molecule has 0 unspecified atom stereocenters. The van der Waals surface area contributed by atoms with Crippen molar-refractivity contribution in [3.63, 3.8) is 0 Å². The van der Waals surface area contributed by atoms with Crippen molar-refractivity contribution in [3.8, 4) is 0 Å². The first kappa shape index (κ1) is 32.7. The lowest BCUT2D eigenvalue weighted by atomic mass is 10.0. The first-order chi connectivity index (χ1) is 19.0. The number of hydrazine groups is 1. The van der Waals surface area contributed by atoms with Gasteiger partial charge in [0.1, 0.15) is 0 Å². The van der Waals surface area contributed by atoms with Gasteiger partial charge in [-0.15, -0.1) is 0 Å². The minimum absolute atomic E-state index is 0.0756. The number of nitrogens with one attached hydrogen (secondary N) is 4. The first-order valence-electron chi connectivity index (χ1n) is 14.6. The summed E-state index contributed by atoms with van der Waals surface area (Å²) in [5.74, 6) is 0.591. The molecular weight excluding hydrogens is 512 g/mol. The topological polar surface area (TPSA) is 120 Å². The fourth-order valence-electron chi connectivity index (χ4n) is 4.53. The molecule has 0 aromatic rings. The molecule has 2 rings (SSSR count). The molecule has 0 aromatic heterocycles. The van der Waals surface area contributed by atoms with Crippen molar-refractivity contribution in [1.29, 1.82) is 0 Å². The van der Waals surface area contributed by atoms with Gasteiger partial charge >= 0.3 is 6.03 Å².